The quantitative estimate of drug-likeness (QED) is 0.599. The highest BCUT2D eigenvalue weighted by Gasteiger charge is 2.67. The zero-order chi connectivity index (χ0) is 21.4. The lowest BCUT2D eigenvalue weighted by atomic mass is 9.63. The summed E-state index contributed by atoms with van der Waals surface area (Å²) in [6, 6.07) is 5.98. The van der Waals surface area contributed by atoms with Gasteiger partial charge in [0.15, 0.2) is 0 Å². The molecule has 1 N–H and O–H groups in total. The molecule has 1 heterocycles. The molecule has 1 aliphatic heterocycles. The van der Waals surface area contributed by atoms with E-state index in [1.165, 1.54) is 6.42 Å². The molecule has 4 fully saturated rings. The molecule has 2 bridgehead atoms. The van der Waals surface area contributed by atoms with E-state index in [4.69, 9.17) is 0 Å². The van der Waals surface area contributed by atoms with Crippen LogP contribution in [-0.2, 0) is 14.4 Å². The number of rotatable bonds is 3. The Kier molecular flexibility index (Phi) is 4.22. The van der Waals surface area contributed by atoms with E-state index in [2.05, 4.69) is 17.5 Å². The number of likely N-dealkylation sites (tertiary alicyclic amines) is 1. The van der Waals surface area contributed by atoms with E-state index in [1.54, 1.807) is 4.90 Å². The minimum Gasteiger partial charge on any atom is -0.325 e. The fourth-order valence-electron chi connectivity index (χ4n) is 7.17. The van der Waals surface area contributed by atoms with Crippen LogP contribution in [0.3, 0.4) is 0 Å². The predicted octanol–water partition coefficient (Wildman–Crippen LogP) is 3.85. The van der Waals surface area contributed by atoms with Crippen LogP contribution in [0.4, 0.5) is 5.69 Å². The molecule has 5 aliphatic carbocycles. The second-order valence-corrected chi connectivity index (χ2v) is 10.5. The van der Waals surface area contributed by atoms with Crippen molar-refractivity contribution in [1.29, 1.82) is 0 Å². The highest BCUT2D eigenvalue weighted by atomic mass is 16.2. The van der Waals surface area contributed by atoms with Crippen LogP contribution in [0, 0.1) is 55.3 Å². The molecule has 1 aromatic rings. The maximum absolute atomic E-state index is 13.3. The minimum atomic E-state index is -0.115. The lowest BCUT2D eigenvalue weighted by Gasteiger charge is -2.37. The molecule has 0 radical (unpaired) electrons. The van der Waals surface area contributed by atoms with E-state index in [0.717, 1.165) is 42.5 Å². The number of aryl methyl sites for hydroxylation is 2. The summed E-state index contributed by atoms with van der Waals surface area (Å²) in [5.74, 6) is 1.75. The molecule has 7 rings (SSSR count). The van der Waals surface area contributed by atoms with Gasteiger partial charge in [0, 0.05) is 17.6 Å². The molecule has 162 valence electrons. The van der Waals surface area contributed by atoms with Gasteiger partial charge in [-0.15, -0.1) is 0 Å². The maximum atomic E-state index is 13.3. The van der Waals surface area contributed by atoms with Gasteiger partial charge < -0.3 is 5.32 Å². The molecule has 0 unspecified atom stereocenters. The Balaban J connectivity index is 1.12. The molecule has 0 aromatic heterocycles. The number of benzene rings is 1. The van der Waals surface area contributed by atoms with Crippen molar-refractivity contribution < 1.29 is 14.4 Å². The molecule has 3 amide bonds. The van der Waals surface area contributed by atoms with Crippen LogP contribution < -0.4 is 5.32 Å². The zero-order valence-electron chi connectivity index (χ0n) is 18.2. The number of nitrogens with zero attached hydrogens (tertiary/aromatic N) is 1. The average Bonchev–Trinajstić information content (AvgIpc) is 3.54. The van der Waals surface area contributed by atoms with Crippen LogP contribution in [0.1, 0.15) is 43.2 Å². The van der Waals surface area contributed by atoms with Gasteiger partial charge in [-0.05, 0) is 80.8 Å². The summed E-state index contributed by atoms with van der Waals surface area (Å²) < 4.78 is 0. The first-order valence-electron chi connectivity index (χ1n) is 11.9. The number of hydrogen-bond acceptors (Lipinski definition) is 3. The van der Waals surface area contributed by atoms with Crippen molar-refractivity contribution in [3.05, 3.63) is 41.5 Å². The molecule has 6 atom stereocenters. The van der Waals surface area contributed by atoms with E-state index in [-0.39, 0.29) is 53.4 Å². The summed E-state index contributed by atoms with van der Waals surface area (Å²) in [5, 5.41) is 3.13. The van der Waals surface area contributed by atoms with Crippen molar-refractivity contribution in [3.63, 3.8) is 0 Å². The average molecular weight is 419 g/mol. The second kappa shape index (κ2) is 6.78. The van der Waals surface area contributed by atoms with Crippen LogP contribution in [0.15, 0.2) is 30.4 Å². The second-order valence-electron chi connectivity index (χ2n) is 10.5. The number of hydrogen-bond donors (Lipinski definition) is 1. The fraction of sp³-hybridized carbons (Fsp3) is 0.577. The Morgan fingerprint density at radius 1 is 0.903 bits per heavy atom. The molecule has 1 aromatic carbocycles. The number of imide groups is 1. The Morgan fingerprint density at radius 2 is 1.45 bits per heavy atom. The Bertz CT molecular complexity index is 950. The smallest absolute Gasteiger partial charge is 0.233 e. The fourth-order valence-corrected chi connectivity index (χ4v) is 7.17. The van der Waals surface area contributed by atoms with E-state index in [1.807, 2.05) is 32.0 Å². The molecule has 5 heteroatoms. The number of carbonyl (C=O) groups is 3. The van der Waals surface area contributed by atoms with Gasteiger partial charge in [0.05, 0.1) is 11.8 Å². The number of nitrogens with one attached hydrogen (secondary N) is 1. The monoisotopic (exact) mass is 418 g/mol. The van der Waals surface area contributed by atoms with Crippen LogP contribution in [0.2, 0.25) is 0 Å². The molecule has 1 saturated heterocycles. The number of anilines is 1. The van der Waals surface area contributed by atoms with Crippen molar-refractivity contribution in [2.24, 2.45) is 41.4 Å². The summed E-state index contributed by atoms with van der Waals surface area (Å²) in [7, 11) is 0. The third-order valence-electron chi connectivity index (χ3n) is 8.86. The third kappa shape index (κ3) is 2.78. The van der Waals surface area contributed by atoms with Gasteiger partial charge >= 0.3 is 0 Å². The predicted molar refractivity (Wildman–Crippen MR) is 117 cm³/mol. The van der Waals surface area contributed by atoms with Crippen molar-refractivity contribution in [2.45, 2.75) is 52.0 Å². The van der Waals surface area contributed by atoms with Crippen LogP contribution >= 0.6 is 0 Å². The topological polar surface area (TPSA) is 66.5 Å². The molecule has 31 heavy (non-hydrogen) atoms. The van der Waals surface area contributed by atoms with Crippen molar-refractivity contribution in [2.75, 3.05) is 5.32 Å². The Hall–Kier alpha value is -2.43. The third-order valence-corrected chi connectivity index (χ3v) is 8.86. The normalized spacial score (nSPS) is 40.0. The first kappa shape index (κ1) is 19.3. The lowest BCUT2D eigenvalue weighted by molar-refractivity contribution is -0.144. The van der Waals surface area contributed by atoms with E-state index < -0.39 is 0 Å². The number of para-hydroxylation sites is 1. The van der Waals surface area contributed by atoms with Crippen LogP contribution in [0.5, 0.6) is 0 Å². The SMILES string of the molecule is Cc1cccc(C)c1NC(=O)C1CCC(N2C(=O)[C@@H]3[C@H]4C=C[C@H]([C@H]5C[C@H]45)[C@@H]3C2=O)CC1. The van der Waals surface area contributed by atoms with Gasteiger partial charge in [-0.2, -0.15) is 0 Å². The number of allylic oxidation sites excluding steroid dienone is 2. The van der Waals surface area contributed by atoms with Gasteiger partial charge in [0.2, 0.25) is 17.7 Å². The van der Waals surface area contributed by atoms with Gasteiger partial charge in [-0.25, -0.2) is 0 Å². The summed E-state index contributed by atoms with van der Waals surface area (Å²) in [6.07, 6.45) is 8.56. The summed E-state index contributed by atoms with van der Waals surface area (Å²) >= 11 is 0. The van der Waals surface area contributed by atoms with Crippen LogP contribution in [0.25, 0.3) is 0 Å². The lowest BCUT2D eigenvalue weighted by Crippen LogP contribution is -2.44. The van der Waals surface area contributed by atoms with Gasteiger partial charge in [0.1, 0.15) is 0 Å². The maximum Gasteiger partial charge on any atom is 0.233 e. The van der Waals surface area contributed by atoms with E-state index in [0.29, 0.717) is 11.8 Å². The zero-order valence-corrected chi connectivity index (χ0v) is 18.2. The molecular formula is C26H30N2O3. The number of carbonyl (C=O) groups excluding carboxylic acids is 3. The van der Waals surface area contributed by atoms with E-state index >= 15 is 0 Å². The highest BCUT2D eigenvalue weighted by molar-refractivity contribution is 6.06. The molecule has 5 nitrogen and oxygen atoms in total. The summed E-state index contributed by atoms with van der Waals surface area (Å²) in [4.78, 5) is 41.2. The van der Waals surface area contributed by atoms with Gasteiger partial charge in [-0.3, -0.25) is 19.3 Å². The van der Waals surface area contributed by atoms with Gasteiger partial charge in [-0.1, -0.05) is 30.4 Å². The van der Waals surface area contributed by atoms with Crippen LogP contribution in [-0.4, -0.2) is 28.7 Å². The first-order valence-corrected chi connectivity index (χ1v) is 11.9. The van der Waals surface area contributed by atoms with Crippen molar-refractivity contribution in [3.8, 4) is 0 Å². The van der Waals surface area contributed by atoms with E-state index in [9.17, 15) is 14.4 Å². The first-order chi connectivity index (χ1) is 15.0. The molecular weight excluding hydrogens is 388 g/mol. The van der Waals surface area contributed by atoms with Crippen molar-refractivity contribution in [1.82, 2.24) is 4.90 Å². The Labute approximate surface area is 183 Å². The van der Waals surface area contributed by atoms with Gasteiger partial charge in [0.25, 0.3) is 0 Å². The standard InChI is InChI=1S/C26H30N2O3/c1-13-4-3-5-14(2)23(13)27-24(29)15-6-8-16(9-7-15)28-25(30)21-17-10-11-18(20-12-19(17)20)22(21)26(28)31/h3-5,10-11,15-22H,6-9,12H2,1-2H3,(H,27,29)/t15?,16?,17-,18+,19-,20-,21+,22-/m1/s1. The molecule has 0 spiro atoms. The summed E-state index contributed by atoms with van der Waals surface area (Å²) in [6.45, 7) is 4.02. The summed E-state index contributed by atoms with van der Waals surface area (Å²) in [5.41, 5.74) is 3.04. The highest BCUT2D eigenvalue weighted by Crippen LogP contribution is 2.65. The minimum absolute atomic E-state index is 0.0365. The Morgan fingerprint density at radius 3 is 2.00 bits per heavy atom. The largest absolute Gasteiger partial charge is 0.325 e. The van der Waals surface area contributed by atoms with Crippen molar-refractivity contribution >= 4 is 23.4 Å². The molecule has 6 aliphatic rings. The number of amides is 3. The molecule has 3 saturated carbocycles.